The van der Waals surface area contributed by atoms with Crippen molar-refractivity contribution in [1.29, 1.82) is 0 Å². The number of hydrogen-bond donors (Lipinski definition) is 5. The zero-order chi connectivity index (χ0) is 12.8. The zero-order valence-electron chi connectivity index (χ0n) is 9.21. The van der Waals surface area contributed by atoms with Crippen LogP contribution >= 0.6 is 24.8 Å². The first kappa shape index (κ1) is 14.2. The number of nitrogens with two attached hydrogens (primary N) is 1. The van der Waals surface area contributed by atoms with Crippen molar-refractivity contribution in [3.8, 4) is 0 Å². The molecule has 94 valence electrons. The molecule has 2 unspecified atom stereocenters. The standard InChI is InChI=1S/C11H16N2O2S2/c12-11(17)13-8-3-1-2-7(6-8)10(15)9(14)4-5-16/h1-3,6,9-10,14-16H,4-5H2,(H3,12,13,17). The molecule has 17 heavy (non-hydrogen) atoms. The monoisotopic (exact) mass is 272 g/mol. The highest BCUT2D eigenvalue weighted by Crippen LogP contribution is 2.22. The van der Waals surface area contributed by atoms with Crippen molar-refractivity contribution < 1.29 is 10.2 Å². The lowest BCUT2D eigenvalue weighted by molar-refractivity contribution is 0.0173. The van der Waals surface area contributed by atoms with Crippen molar-refractivity contribution in [2.75, 3.05) is 11.1 Å². The van der Waals surface area contributed by atoms with Crippen LogP contribution in [-0.2, 0) is 0 Å². The molecule has 0 radical (unpaired) electrons. The van der Waals surface area contributed by atoms with E-state index in [1.165, 1.54) is 0 Å². The van der Waals surface area contributed by atoms with E-state index >= 15 is 0 Å². The van der Waals surface area contributed by atoms with Gasteiger partial charge in [0.1, 0.15) is 6.10 Å². The van der Waals surface area contributed by atoms with Gasteiger partial charge in [-0.05, 0) is 42.1 Å². The van der Waals surface area contributed by atoms with E-state index in [0.717, 1.165) is 0 Å². The predicted octanol–water partition coefficient (Wildman–Crippen LogP) is 1.06. The van der Waals surface area contributed by atoms with Gasteiger partial charge in [-0.3, -0.25) is 0 Å². The molecule has 0 aromatic heterocycles. The fourth-order valence-electron chi connectivity index (χ4n) is 1.45. The molecule has 1 rings (SSSR count). The molecular formula is C11H16N2O2S2. The van der Waals surface area contributed by atoms with Gasteiger partial charge in [0.25, 0.3) is 0 Å². The second-order valence-corrected chi connectivity index (χ2v) is 4.53. The Morgan fingerprint density at radius 1 is 1.47 bits per heavy atom. The maximum atomic E-state index is 9.90. The van der Waals surface area contributed by atoms with Crippen LogP contribution in [0.15, 0.2) is 24.3 Å². The number of nitrogens with one attached hydrogen (secondary N) is 1. The fourth-order valence-corrected chi connectivity index (χ4v) is 1.84. The van der Waals surface area contributed by atoms with Gasteiger partial charge in [0.15, 0.2) is 5.11 Å². The lowest BCUT2D eigenvalue weighted by atomic mass is 10.0. The van der Waals surface area contributed by atoms with E-state index in [1.54, 1.807) is 24.3 Å². The number of aliphatic hydroxyl groups excluding tert-OH is 2. The number of thiol groups is 1. The number of anilines is 1. The highest BCUT2D eigenvalue weighted by atomic mass is 32.1. The molecule has 0 aliphatic carbocycles. The van der Waals surface area contributed by atoms with Crippen molar-refractivity contribution in [2.24, 2.45) is 5.73 Å². The Morgan fingerprint density at radius 2 is 2.18 bits per heavy atom. The average Bonchev–Trinajstić information content (AvgIpc) is 2.28. The van der Waals surface area contributed by atoms with Gasteiger partial charge in [0, 0.05) is 5.69 Å². The molecule has 0 bridgehead atoms. The Bertz CT molecular complexity index is 387. The summed E-state index contributed by atoms with van der Waals surface area (Å²) in [4.78, 5) is 0. The van der Waals surface area contributed by atoms with E-state index in [0.29, 0.717) is 23.4 Å². The first-order valence-electron chi connectivity index (χ1n) is 5.18. The Labute approximate surface area is 111 Å². The minimum Gasteiger partial charge on any atom is -0.390 e. The van der Waals surface area contributed by atoms with Crippen LogP contribution in [0.3, 0.4) is 0 Å². The van der Waals surface area contributed by atoms with Crippen molar-refractivity contribution in [2.45, 2.75) is 18.6 Å². The summed E-state index contributed by atoms with van der Waals surface area (Å²) in [5.41, 5.74) is 6.66. The molecule has 1 aromatic carbocycles. The molecular weight excluding hydrogens is 256 g/mol. The summed E-state index contributed by atoms with van der Waals surface area (Å²) in [6.07, 6.45) is -1.33. The Kier molecular flexibility index (Phi) is 5.70. The van der Waals surface area contributed by atoms with Gasteiger partial charge < -0.3 is 21.3 Å². The third-order valence-electron chi connectivity index (χ3n) is 2.29. The molecule has 6 heteroatoms. The van der Waals surface area contributed by atoms with Crippen molar-refractivity contribution >= 4 is 35.6 Å². The Hall–Kier alpha value is -0.820. The molecule has 5 N–H and O–H groups in total. The molecule has 0 aliphatic heterocycles. The van der Waals surface area contributed by atoms with Gasteiger partial charge >= 0.3 is 0 Å². The molecule has 0 fully saturated rings. The lowest BCUT2D eigenvalue weighted by Crippen LogP contribution is -2.20. The maximum Gasteiger partial charge on any atom is 0.168 e. The highest BCUT2D eigenvalue weighted by molar-refractivity contribution is 7.80. The minimum atomic E-state index is -0.935. The molecule has 0 saturated carbocycles. The van der Waals surface area contributed by atoms with Gasteiger partial charge in [0.2, 0.25) is 0 Å². The Balaban J connectivity index is 2.79. The van der Waals surface area contributed by atoms with Crippen molar-refractivity contribution in [3.63, 3.8) is 0 Å². The van der Waals surface area contributed by atoms with Crippen molar-refractivity contribution in [3.05, 3.63) is 29.8 Å². The van der Waals surface area contributed by atoms with Crippen LogP contribution in [-0.4, -0.2) is 27.2 Å². The normalized spacial score (nSPS) is 14.1. The second-order valence-electron chi connectivity index (χ2n) is 3.64. The molecule has 0 spiro atoms. The lowest BCUT2D eigenvalue weighted by Gasteiger charge is -2.18. The van der Waals surface area contributed by atoms with E-state index < -0.39 is 12.2 Å². The number of benzene rings is 1. The molecule has 2 atom stereocenters. The summed E-state index contributed by atoms with van der Waals surface area (Å²) in [7, 11) is 0. The van der Waals surface area contributed by atoms with Gasteiger partial charge in [-0.25, -0.2) is 0 Å². The Morgan fingerprint density at radius 3 is 2.76 bits per heavy atom. The number of rotatable bonds is 5. The number of aliphatic hydroxyl groups is 2. The third kappa shape index (κ3) is 4.51. The van der Waals surface area contributed by atoms with Crippen LogP contribution in [0.2, 0.25) is 0 Å². The quantitative estimate of drug-likeness (QED) is 0.409. The molecule has 0 heterocycles. The van der Waals surface area contributed by atoms with Crippen LogP contribution < -0.4 is 11.1 Å². The average molecular weight is 272 g/mol. The van der Waals surface area contributed by atoms with Crippen LogP contribution in [0.5, 0.6) is 0 Å². The maximum absolute atomic E-state index is 9.90. The first-order chi connectivity index (χ1) is 8.04. The van der Waals surface area contributed by atoms with Gasteiger partial charge in [0.05, 0.1) is 6.10 Å². The van der Waals surface area contributed by atoms with E-state index in [1.807, 2.05) is 0 Å². The minimum absolute atomic E-state index is 0.160. The van der Waals surface area contributed by atoms with E-state index in [-0.39, 0.29) is 5.11 Å². The number of hydrogen-bond acceptors (Lipinski definition) is 4. The van der Waals surface area contributed by atoms with E-state index in [4.69, 9.17) is 18.0 Å². The predicted molar refractivity (Wildman–Crippen MR) is 76.3 cm³/mol. The van der Waals surface area contributed by atoms with E-state index in [9.17, 15) is 10.2 Å². The van der Waals surface area contributed by atoms with E-state index in [2.05, 4.69) is 17.9 Å². The largest absolute Gasteiger partial charge is 0.390 e. The summed E-state index contributed by atoms with van der Waals surface area (Å²) in [5, 5.41) is 22.5. The van der Waals surface area contributed by atoms with Crippen molar-refractivity contribution in [1.82, 2.24) is 0 Å². The van der Waals surface area contributed by atoms with Crippen LogP contribution in [0.4, 0.5) is 5.69 Å². The fraction of sp³-hybridized carbons (Fsp3) is 0.364. The highest BCUT2D eigenvalue weighted by Gasteiger charge is 2.17. The zero-order valence-corrected chi connectivity index (χ0v) is 10.9. The second kappa shape index (κ2) is 6.80. The molecule has 0 aliphatic rings. The molecule has 4 nitrogen and oxygen atoms in total. The summed E-state index contributed by atoms with van der Waals surface area (Å²) in [6, 6.07) is 6.97. The first-order valence-corrected chi connectivity index (χ1v) is 6.22. The summed E-state index contributed by atoms with van der Waals surface area (Å²) < 4.78 is 0. The molecule has 1 aromatic rings. The van der Waals surface area contributed by atoms with Crippen LogP contribution in [0.1, 0.15) is 18.1 Å². The molecule has 0 saturated heterocycles. The SMILES string of the molecule is NC(=S)Nc1cccc(C(O)C(O)CCS)c1. The summed E-state index contributed by atoms with van der Waals surface area (Å²) >= 11 is 8.74. The van der Waals surface area contributed by atoms with Gasteiger partial charge in [-0.1, -0.05) is 12.1 Å². The number of thiocarbonyl (C=S) groups is 1. The van der Waals surface area contributed by atoms with Gasteiger partial charge in [-0.2, -0.15) is 12.6 Å². The summed E-state index contributed by atoms with van der Waals surface area (Å²) in [6.45, 7) is 0. The van der Waals surface area contributed by atoms with Gasteiger partial charge in [-0.15, -0.1) is 0 Å². The van der Waals surface area contributed by atoms with Crippen LogP contribution in [0.25, 0.3) is 0 Å². The summed E-state index contributed by atoms with van der Waals surface area (Å²) in [5.74, 6) is 0.517. The smallest absolute Gasteiger partial charge is 0.168 e. The third-order valence-corrected chi connectivity index (χ3v) is 2.65. The topological polar surface area (TPSA) is 78.5 Å². The molecule has 0 amide bonds. The van der Waals surface area contributed by atoms with Crippen LogP contribution in [0, 0.1) is 0 Å².